The van der Waals surface area contributed by atoms with E-state index in [1.165, 1.54) is 41.6 Å². The summed E-state index contributed by atoms with van der Waals surface area (Å²) in [4.78, 5) is 0. The van der Waals surface area contributed by atoms with Crippen LogP contribution in [0.1, 0.15) is 70.7 Å². The van der Waals surface area contributed by atoms with Crippen LogP contribution in [0.4, 0.5) is 0 Å². The zero-order valence-corrected chi connectivity index (χ0v) is 19.6. The Kier molecular flexibility index (Phi) is 5.24. The molecule has 0 saturated carbocycles. The van der Waals surface area contributed by atoms with E-state index in [2.05, 4.69) is 86.6 Å². The van der Waals surface area contributed by atoms with Crippen LogP contribution in [0, 0.1) is 41.5 Å². The zero-order chi connectivity index (χ0) is 19.4. The van der Waals surface area contributed by atoms with Crippen LogP contribution in [0.25, 0.3) is 0 Å². The Morgan fingerprint density at radius 2 is 1.15 bits per heavy atom. The average molecular weight is 382 g/mol. The Balaban J connectivity index is 2.17. The van der Waals surface area contributed by atoms with Gasteiger partial charge in [0, 0.05) is 5.03 Å². The summed E-state index contributed by atoms with van der Waals surface area (Å²) in [6, 6.07) is 9.45. The van der Waals surface area contributed by atoms with Crippen molar-refractivity contribution < 1.29 is 0 Å². The van der Waals surface area contributed by atoms with Crippen molar-refractivity contribution in [3.05, 3.63) is 68.8 Å². The molecule has 3 rings (SSSR count). The molecule has 0 fully saturated rings. The summed E-state index contributed by atoms with van der Waals surface area (Å²) in [6.45, 7) is 21.0. The molecule has 26 heavy (non-hydrogen) atoms. The summed E-state index contributed by atoms with van der Waals surface area (Å²) in [5.74, 6) is 0. The normalized spacial score (nSPS) is 20.6. The van der Waals surface area contributed by atoms with E-state index in [1.807, 2.05) is 0 Å². The molecule has 2 aromatic rings. The number of aryl methyl sites for hydroxylation is 6. The molecule has 0 bridgehead atoms. The topological polar surface area (TPSA) is 0 Å². The first-order valence-corrected chi connectivity index (χ1v) is 11.9. The van der Waals surface area contributed by atoms with Crippen LogP contribution in [0.15, 0.2) is 24.3 Å². The molecule has 0 aliphatic carbocycles. The molecule has 0 N–H and O–H groups in total. The summed E-state index contributed by atoms with van der Waals surface area (Å²) in [5.41, 5.74) is 11.8. The Morgan fingerprint density at radius 3 is 1.58 bits per heavy atom. The van der Waals surface area contributed by atoms with Gasteiger partial charge in [-0.2, -0.15) is 0 Å². The highest BCUT2D eigenvalue weighted by atomic mass is 31.2. The van der Waals surface area contributed by atoms with Gasteiger partial charge in [0.15, 0.2) is 0 Å². The molecule has 2 heteroatoms. The lowest BCUT2D eigenvalue weighted by atomic mass is 10.0. The minimum absolute atomic E-state index is 0.198. The van der Waals surface area contributed by atoms with Gasteiger partial charge in [-0.15, -0.1) is 0 Å². The van der Waals surface area contributed by atoms with E-state index in [0.29, 0.717) is 10.6 Å². The van der Waals surface area contributed by atoms with Gasteiger partial charge in [-0.1, -0.05) is 64.4 Å². The molecule has 2 aromatic carbocycles. The van der Waals surface area contributed by atoms with E-state index in [0.717, 1.165) is 0 Å². The first-order chi connectivity index (χ1) is 12.0. The van der Waals surface area contributed by atoms with Crippen molar-refractivity contribution in [3.8, 4) is 0 Å². The monoisotopic (exact) mass is 382 g/mol. The average Bonchev–Trinajstić information content (AvgIpc) is 2.40. The van der Waals surface area contributed by atoms with E-state index >= 15 is 0 Å². The summed E-state index contributed by atoms with van der Waals surface area (Å²) >= 11 is 0. The number of benzene rings is 2. The summed E-state index contributed by atoms with van der Waals surface area (Å²) in [7, 11) is 1.33. The smallest absolute Gasteiger partial charge is 0.0519 e. The minimum Gasteiger partial charge on any atom is -0.0819 e. The van der Waals surface area contributed by atoms with Gasteiger partial charge in [0.05, 0.1) is 5.40 Å². The van der Waals surface area contributed by atoms with Gasteiger partial charge in [0.25, 0.3) is 0 Å². The summed E-state index contributed by atoms with van der Waals surface area (Å²) in [6.07, 6.45) is 0. The maximum Gasteiger partial charge on any atom is 0.0519 e. The number of hydrogen-bond acceptors (Lipinski definition) is 0. The van der Waals surface area contributed by atoms with Crippen LogP contribution in [-0.4, -0.2) is 10.2 Å². The summed E-state index contributed by atoms with van der Waals surface area (Å²) < 4.78 is 0. The molecule has 0 radical (unpaired) electrons. The maximum absolute atomic E-state index is 2.44. The van der Waals surface area contributed by atoms with Crippen LogP contribution in [0.3, 0.4) is 0 Å². The van der Waals surface area contributed by atoms with Crippen LogP contribution in [0.2, 0.25) is 0 Å². The Morgan fingerprint density at radius 1 is 0.731 bits per heavy atom. The lowest BCUT2D eigenvalue weighted by Gasteiger charge is -2.46. The van der Waals surface area contributed by atoms with Gasteiger partial charge in [0.2, 0.25) is 0 Å². The van der Waals surface area contributed by atoms with Gasteiger partial charge in [-0.25, -0.2) is 0 Å². The molecule has 1 aliphatic heterocycles. The third-order valence-electron chi connectivity index (χ3n) is 5.34. The fourth-order valence-electron chi connectivity index (χ4n) is 4.49. The van der Waals surface area contributed by atoms with E-state index in [4.69, 9.17) is 0 Å². The van der Waals surface area contributed by atoms with E-state index in [1.54, 1.807) is 16.2 Å². The molecule has 0 spiro atoms. The fraction of sp³-hybridized carbons (Fsp3) is 0.458. The van der Waals surface area contributed by atoms with Gasteiger partial charge in [0.1, 0.15) is 0 Å². The van der Waals surface area contributed by atoms with Crippen LogP contribution in [0.5, 0.6) is 0 Å². The van der Waals surface area contributed by atoms with Crippen molar-refractivity contribution in [2.75, 3.05) is 0 Å². The van der Waals surface area contributed by atoms with Crippen molar-refractivity contribution in [3.63, 3.8) is 0 Å². The fourth-order valence-corrected chi connectivity index (χ4v) is 12.1. The lowest BCUT2D eigenvalue weighted by Crippen LogP contribution is -2.26. The molecule has 138 valence electrons. The van der Waals surface area contributed by atoms with Crippen LogP contribution >= 0.6 is 16.1 Å². The van der Waals surface area contributed by atoms with Gasteiger partial charge >= 0.3 is 0 Å². The summed E-state index contributed by atoms with van der Waals surface area (Å²) in [5, 5.41) is 2.72. The molecular weight excluding hydrogens is 350 g/mol. The third-order valence-corrected chi connectivity index (χ3v) is 11.2. The molecule has 0 saturated heterocycles. The predicted octanol–water partition coefficient (Wildman–Crippen LogP) is 7.95. The molecule has 0 nitrogen and oxygen atoms in total. The second kappa shape index (κ2) is 6.89. The quantitative estimate of drug-likeness (QED) is 0.462. The highest BCUT2D eigenvalue weighted by molar-refractivity contribution is 7.99. The Bertz CT molecular complexity index is 851. The van der Waals surface area contributed by atoms with Crippen LogP contribution < -0.4 is 0 Å². The van der Waals surface area contributed by atoms with Crippen molar-refractivity contribution in [2.45, 2.75) is 72.9 Å². The van der Waals surface area contributed by atoms with Crippen molar-refractivity contribution in [2.24, 2.45) is 0 Å². The van der Waals surface area contributed by atoms with Crippen molar-refractivity contribution >= 4 is 21.2 Å². The largest absolute Gasteiger partial charge is 0.0819 e. The van der Waals surface area contributed by atoms with Gasteiger partial charge < -0.3 is 0 Å². The number of hydrogen-bond donors (Lipinski definition) is 0. The number of rotatable bonds is 2. The maximum atomic E-state index is 2.44. The van der Waals surface area contributed by atoms with E-state index < -0.39 is 0 Å². The molecule has 0 aromatic heterocycles. The minimum atomic E-state index is -0.198. The van der Waals surface area contributed by atoms with Gasteiger partial charge in [-0.3, -0.25) is 0 Å². The molecule has 1 heterocycles. The van der Waals surface area contributed by atoms with Crippen molar-refractivity contribution in [1.29, 1.82) is 0 Å². The zero-order valence-electron chi connectivity index (χ0n) is 17.8. The lowest BCUT2D eigenvalue weighted by molar-refractivity contribution is 0.785. The Hall–Kier alpha value is -0.960. The molecule has 0 amide bonds. The Labute approximate surface area is 163 Å². The molecule has 1 unspecified atom stereocenters. The molecule has 2 atom stereocenters. The van der Waals surface area contributed by atoms with Gasteiger partial charge in [-0.05, 0) is 88.0 Å². The standard InChI is InChI=1S/C24H32P2/c1-14-10-16(3)20(17(4)11-14)22-25-23(26(22)24(7,8)9)21-18(5)12-15(2)13-19(21)6/h10-13,22H,1-9H3/t22-,26?/m0/s1. The SMILES string of the molecule is Cc1cc(C)c(C2=P[C@H](c3c(C)cc(C)cc3C)P2C(C)(C)C)c(C)c1. The highest BCUT2D eigenvalue weighted by Gasteiger charge is 2.44. The van der Waals surface area contributed by atoms with E-state index in [-0.39, 0.29) is 7.92 Å². The second-order valence-corrected chi connectivity index (χ2v) is 14.0. The molecular formula is C24H32P2. The molecule has 1 aliphatic rings. The predicted molar refractivity (Wildman–Crippen MR) is 122 cm³/mol. The van der Waals surface area contributed by atoms with Crippen molar-refractivity contribution in [1.82, 2.24) is 0 Å². The first-order valence-electron chi connectivity index (χ1n) is 9.54. The highest BCUT2D eigenvalue weighted by Crippen LogP contribution is 2.76. The third kappa shape index (κ3) is 3.44. The second-order valence-electron chi connectivity index (χ2n) is 8.95. The first kappa shape index (κ1) is 19.8. The van der Waals surface area contributed by atoms with E-state index in [9.17, 15) is 0 Å². The van der Waals surface area contributed by atoms with Crippen LogP contribution in [-0.2, 0) is 0 Å².